The van der Waals surface area contributed by atoms with Gasteiger partial charge in [-0.2, -0.15) is 5.10 Å². The highest BCUT2D eigenvalue weighted by Gasteiger charge is 2.19. The number of nitrogen functional groups attached to an aromatic ring is 1. The summed E-state index contributed by atoms with van der Waals surface area (Å²) >= 11 is 0. The zero-order valence-corrected chi connectivity index (χ0v) is 17.5. The predicted octanol–water partition coefficient (Wildman–Crippen LogP) is 3.60. The lowest BCUT2D eigenvalue weighted by Crippen LogP contribution is -2.24. The van der Waals surface area contributed by atoms with Gasteiger partial charge in [0.05, 0.1) is 13.2 Å². The van der Waals surface area contributed by atoms with Gasteiger partial charge in [-0.05, 0) is 26.0 Å². The van der Waals surface area contributed by atoms with Crippen LogP contribution in [0.2, 0.25) is 0 Å². The van der Waals surface area contributed by atoms with Crippen LogP contribution in [0.25, 0.3) is 33.9 Å². The molecule has 4 aromatic rings. The number of hydrogen-bond acceptors (Lipinski definition) is 7. The van der Waals surface area contributed by atoms with Gasteiger partial charge in [0.2, 0.25) is 5.88 Å². The van der Waals surface area contributed by atoms with E-state index < -0.39 is 0 Å². The van der Waals surface area contributed by atoms with Crippen LogP contribution in [0.1, 0.15) is 19.9 Å². The zero-order chi connectivity index (χ0) is 22.0. The van der Waals surface area contributed by atoms with Gasteiger partial charge in [-0.15, -0.1) is 0 Å². The molecule has 0 aliphatic carbocycles. The first-order valence-corrected chi connectivity index (χ1v) is 9.81. The third-order valence-electron chi connectivity index (χ3n) is 4.75. The summed E-state index contributed by atoms with van der Waals surface area (Å²) in [4.78, 5) is 26.0. The van der Waals surface area contributed by atoms with E-state index >= 15 is 0 Å². The number of nitrogens with zero attached hydrogens (tertiary/aromatic N) is 5. The Balaban J connectivity index is 1.96. The third kappa shape index (κ3) is 4.00. The average molecular weight is 414 g/mol. The molecule has 0 amide bonds. The maximum atomic E-state index is 12.2. The SMILES string of the molecule is COc1ccc(-c2nc(-c3ccc(=O)n(C(C)C)n3)c(-c3ccccc3)nc2N)cn1. The highest BCUT2D eigenvalue weighted by molar-refractivity contribution is 5.81. The van der Waals surface area contributed by atoms with Crippen molar-refractivity contribution in [3.8, 4) is 39.8 Å². The molecular weight excluding hydrogens is 392 g/mol. The van der Waals surface area contributed by atoms with Crippen molar-refractivity contribution in [2.24, 2.45) is 0 Å². The third-order valence-corrected chi connectivity index (χ3v) is 4.75. The molecule has 0 atom stereocenters. The van der Waals surface area contributed by atoms with E-state index in [2.05, 4.69) is 15.1 Å². The number of hydrogen-bond donors (Lipinski definition) is 1. The van der Waals surface area contributed by atoms with Gasteiger partial charge in [0.15, 0.2) is 5.82 Å². The lowest BCUT2D eigenvalue weighted by atomic mass is 10.1. The number of nitrogens with two attached hydrogens (primary N) is 1. The molecule has 0 saturated heterocycles. The predicted molar refractivity (Wildman–Crippen MR) is 120 cm³/mol. The van der Waals surface area contributed by atoms with E-state index in [0.717, 1.165) is 5.56 Å². The van der Waals surface area contributed by atoms with Crippen LogP contribution in [0.5, 0.6) is 5.88 Å². The fourth-order valence-electron chi connectivity index (χ4n) is 3.20. The number of anilines is 1. The van der Waals surface area contributed by atoms with E-state index in [1.807, 2.05) is 50.2 Å². The van der Waals surface area contributed by atoms with E-state index in [0.29, 0.717) is 34.2 Å². The van der Waals surface area contributed by atoms with Crippen LogP contribution < -0.4 is 16.0 Å². The van der Waals surface area contributed by atoms with Crippen molar-refractivity contribution >= 4 is 5.82 Å². The van der Waals surface area contributed by atoms with Crippen LogP contribution in [0.4, 0.5) is 5.82 Å². The molecule has 3 heterocycles. The fraction of sp³-hybridized carbons (Fsp3) is 0.174. The van der Waals surface area contributed by atoms with Crippen LogP contribution in [-0.4, -0.2) is 31.8 Å². The zero-order valence-electron chi connectivity index (χ0n) is 17.5. The molecule has 1 aromatic carbocycles. The Morgan fingerprint density at radius 3 is 2.32 bits per heavy atom. The van der Waals surface area contributed by atoms with Gasteiger partial charge in [0, 0.05) is 29.5 Å². The Hall–Kier alpha value is -4.07. The van der Waals surface area contributed by atoms with Gasteiger partial charge in [0.25, 0.3) is 5.56 Å². The Morgan fingerprint density at radius 2 is 1.68 bits per heavy atom. The molecule has 0 bridgehead atoms. The Bertz CT molecular complexity index is 1270. The van der Waals surface area contributed by atoms with Crippen molar-refractivity contribution in [3.05, 3.63) is 71.1 Å². The van der Waals surface area contributed by atoms with Crippen molar-refractivity contribution in [1.29, 1.82) is 0 Å². The van der Waals surface area contributed by atoms with Gasteiger partial charge in [-0.3, -0.25) is 4.79 Å². The van der Waals surface area contributed by atoms with E-state index in [4.69, 9.17) is 15.5 Å². The van der Waals surface area contributed by atoms with E-state index in [-0.39, 0.29) is 17.4 Å². The lowest BCUT2D eigenvalue weighted by Gasteiger charge is -2.14. The Morgan fingerprint density at radius 1 is 0.903 bits per heavy atom. The van der Waals surface area contributed by atoms with Crippen molar-refractivity contribution < 1.29 is 4.74 Å². The molecule has 8 nitrogen and oxygen atoms in total. The molecule has 0 radical (unpaired) electrons. The summed E-state index contributed by atoms with van der Waals surface area (Å²) in [5, 5.41) is 4.55. The summed E-state index contributed by atoms with van der Waals surface area (Å²) in [6, 6.07) is 16.2. The molecule has 0 saturated carbocycles. The molecule has 8 heteroatoms. The van der Waals surface area contributed by atoms with Gasteiger partial charge >= 0.3 is 0 Å². The molecule has 3 aromatic heterocycles. The monoisotopic (exact) mass is 414 g/mol. The van der Waals surface area contributed by atoms with Crippen LogP contribution >= 0.6 is 0 Å². The molecule has 4 rings (SSSR count). The largest absolute Gasteiger partial charge is 0.481 e. The number of ether oxygens (including phenoxy) is 1. The molecule has 31 heavy (non-hydrogen) atoms. The van der Waals surface area contributed by atoms with Crippen molar-refractivity contribution in [1.82, 2.24) is 24.7 Å². The highest BCUT2D eigenvalue weighted by atomic mass is 16.5. The van der Waals surface area contributed by atoms with Crippen molar-refractivity contribution in [3.63, 3.8) is 0 Å². The number of pyridine rings is 1. The fourth-order valence-corrected chi connectivity index (χ4v) is 3.20. The second kappa shape index (κ2) is 8.35. The smallest absolute Gasteiger partial charge is 0.267 e. The summed E-state index contributed by atoms with van der Waals surface area (Å²) < 4.78 is 6.56. The summed E-state index contributed by atoms with van der Waals surface area (Å²) in [5.41, 5.74) is 9.80. The molecule has 0 spiro atoms. The molecule has 0 aliphatic rings. The normalized spacial score (nSPS) is 11.0. The highest BCUT2D eigenvalue weighted by Crippen LogP contribution is 2.33. The average Bonchev–Trinajstić information content (AvgIpc) is 2.80. The summed E-state index contributed by atoms with van der Waals surface area (Å²) in [5.74, 6) is 0.758. The molecule has 2 N–H and O–H groups in total. The first kappa shape index (κ1) is 20.2. The van der Waals surface area contributed by atoms with Crippen LogP contribution in [0.3, 0.4) is 0 Å². The van der Waals surface area contributed by atoms with Gasteiger partial charge in [0.1, 0.15) is 22.8 Å². The summed E-state index contributed by atoms with van der Waals surface area (Å²) in [6.45, 7) is 3.80. The Labute approximate surface area is 179 Å². The van der Waals surface area contributed by atoms with Gasteiger partial charge in [-0.1, -0.05) is 30.3 Å². The minimum Gasteiger partial charge on any atom is -0.481 e. The van der Waals surface area contributed by atoms with E-state index in [1.165, 1.54) is 10.7 Å². The maximum Gasteiger partial charge on any atom is 0.267 e. The number of benzene rings is 1. The molecule has 0 fully saturated rings. The molecule has 156 valence electrons. The van der Waals surface area contributed by atoms with Crippen molar-refractivity contribution in [2.75, 3.05) is 12.8 Å². The maximum absolute atomic E-state index is 12.2. The van der Waals surface area contributed by atoms with Crippen LogP contribution in [0.15, 0.2) is 65.6 Å². The summed E-state index contributed by atoms with van der Waals surface area (Å²) in [7, 11) is 1.55. The molecule has 0 unspecified atom stereocenters. The summed E-state index contributed by atoms with van der Waals surface area (Å²) in [6.07, 6.45) is 1.63. The number of rotatable bonds is 5. The quantitative estimate of drug-likeness (QED) is 0.531. The number of aromatic nitrogens is 5. The minimum atomic E-state index is -0.178. The van der Waals surface area contributed by atoms with E-state index in [1.54, 1.807) is 25.4 Å². The topological polar surface area (TPSA) is 109 Å². The second-order valence-electron chi connectivity index (χ2n) is 7.21. The standard InChI is InChI=1S/C23H22N6O2/c1-14(2)29-19(30)12-10-17(28-29)22-20(15-7-5-4-6-8-15)27-23(24)21(26-22)16-9-11-18(31-3)25-13-16/h4-14H,1-3H3,(H2,24,27). The van der Waals surface area contributed by atoms with Crippen LogP contribution in [0, 0.1) is 0 Å². The van der Waals surface area contributed by atoms with Crippen LogP contribution in [-0.2, 0) is 0 Å². The molecule has 0 aliphatic heterocycles. The second-order valence-corrected chi connectivity index (χ2v) is 7.21. The molecular formula is C23H22N6O2. The Kier molecular flexibility index (Phi) is 5.44. The van der Waals surface area contributed by atoms with Gasteiger partial charge < -0.3 is 10.5 Å². The lowest BCUT2D eigenvalue weighted by molar-refractivity contribution is 0.398. The van der Waals surface area contributed by atoms with E-state index in [9.17, 15) is 4.79 Å². The first-order chi connectivity index (χ1) is 15.0. The van der Waals surface area contributed by atoms with Crippen molar-refractivity contribution in [2.45, 2.75) is 19.9 Å². The first-order valence-electron chi connectivity index (χ1n) is 9.81. The minimum absolute atomic E-state index is 0.0976. The number of methoxy groups -OCH3 is 1. The van der Waals surface area contributed by atoms with Gasteiger partial charge in [-0.25, -0.2) is 19.6 Å².